The molecule has 1 aliphatic carbocycles. The van der Waals surface area contributed by atoms with Crippen molar-refractivity contribution >= 4 is 48.6 Å². The summed E-state index contributed by atoms with van der Waals surface area (Å²) in [5, 5.41) is 2.67. The zero-order valence-corrected chi connectivity index (χ0v) is 33.9. The molecular weight excluding hydrogens is 731 g/mol. The Hall–Kier alpha value is -7.00. The van der Waals surface area contributed by atoms with Gasteiger partial charge in [0.25, 0.3) is 0 Å². The molecule has 0 saturated carbocycles. The first-order chi connectivity index (χ1) is 29.0. The fraction of sp³-hybridized carbons (Fsp3) is 0.0526. The molecular formula is C57H41NS. The molecule has 0 spiro atoms. The van der Waals surface area contributed by atoms with E-state index in [-0.39, 0.29) is 5.41 Å². The van der Waals surface area contributed by atoms with Crippen LogP contribution in [0.1, 0.15) is 25.0 Å². The second-order valence-corrected chi connectivity index (χ2v) is 17.2. The van der Waals surface area contributed by atoms with Crippen molar-refractivity contribution in [2.24, 2.45) is 0 Å². The van der Waals surface area contributed by atoms with Gasteiger partial charge < -0.3 is 4.90 Å². The van der Waals surface area contributed by atoms with Crippen molar-refractivity contribution in [3.8, 4) is 55.6 Å². The van der Waals surface area contributed by atoms with E-state index in [1.54, 1.807) is 0 Å². The molecule has 11 rings (SSSR count). The fourth-order valence-corrected chi connectivity index (χ4v) is 10.4. The average Bonchev–Trinajstić information content (AvgIpc) is 3.79. The van der Waals surface area contributed by atoms with Crippen LogP contribution in [0.4, 0.5) is 17.1 Å². The summed E-state index contributed by atoms with van der Waals surface area (Å²) >= 11 is 1.88. The number of thiophene rings is 1. The first kappa shape index (κ1) is 35.2. The lowest BCUT2D eigenvalue weighted by Gasteiger charge is -2.28. The third-order valence-electron chi connectivity index (χ3n) is 12.3. The normalized spacial score (nSPS) is 12.7. The minimum Gasteiger partial charge on any atom is -0.310 e. The molecule has 2 heteroatoms. The highest BCUT2D eigenvalue weighted by Gasteiger charge is 2.36. The number of para-hydroxylation sites is 1. The molecule has 0 unspecified atom stereocenters. The molecule has 280 valence electrons. The van der Waals surface area contributed by atoms with E-state index in [1.165, 1.54) is 86.9 Å². The standard InChI is InChI=1S/C57H41NS/c1-57(2)53-36-44(38-12-5-3-6-13-38)30-34-49(53)50-35-33-47(37-54(50)57)58(45-14-7-4-8-15-45)46-31-28-42(29-32-46)40-22-20-39(21-23-40)41-24-26-43(27-25-41)48-17-11-18-52-51-16-9-10-19-55(51)59-56(48)52/h3-37H,1-2H3. The van der Waals surface area contributed by atoms with E-state index < -0.39 is 0 Å². The molecule has 1 aliphatic rings. The quantitative estimate of drug-likeness (QED) is 0.156. The maximum absolute atomic E-state index is 2.41. The van der Waals surface area contributed by atoms with Crippen LogP contribution in [0.5, 0.6) is 0 Å². The maximum atomic E-state index is 2.41. The van der Waals surface area contributed by atoms with E-state index in [0.717, 1.165) is 17.1 Å². The Kier molecular flexibility index (Phi) is 8.43. The van der Waals surface area contributed by atoms with E-state index >= 15 is 0 Å². The molecule has 1 heterocycles. The van der Waals surface area contributed by atoms with Crippen LogP contribution in [0.2, 0.25) is 0 Å². The third-order valence-corrected chi connectivity index (χ3v) is 13.5. The highest BCUT2D eigenvalue weighted by atomic mass is 32.1. The van der Waals surface area contributed by atoms with E-state index in [1.807, 2.05) is 11.3 Å². The van der Waals surface area contributed by atoms with Crippen molar-refractivity contribution in [1.82, 2.24) is 0 Å². The number of benzene rings is 9. The van der Waals surface area contributed by atoms with Crippen LogP contribution in [-0.2, 0) is 5.41 Å². The molecule has 1 nitrogen and oxygen atoms in total. The highest BCUT2D eigenvalue weighted by molar-refractivity contribution is 7.26. The fourth-order valence-electron chi connectivity index (χ4n) is 9.17. The van der Waals surface area contributed by atoms with Gasteiger partial charge in [0.2, 0.25) is 0 Å². The van der Waals surface area contributed by atoms with E-state index in [2.05, 4.69) is 231 Å². The lowest BCUT2D eigenvalue weighted by Crippen LogP contribution is -2.16. The number of hydrogen-bond acceptors (Lipinski definition) is 2. The molecule has 0 radical (unpaired) electrons. The van der Waals surface area contributed by atoms with Gasteiger partial charge in [-0.3, -0.25) is 0 Å². The number of hydrogen-bond donors (Lipinski definition) is 0. The number of anilines is 3. The van der Waals surface area contributed by atoms with Gasteiger partial charge in [0, 0.05) is 42.6 Å². The molecule has 9 aromatic carbocycles. The summed E-state index contributed by atoms with van der Waals surface area (Å²) in [6.07, 6.45) is 0. The van der Waals surface area contributed by atoms with Gasteiger partial charge in [0.15, 0.2) is 0 Å². The van der Waals surface area contributed by atoms with Gasteiger partial charge >= 0.3 is 0 Å². The third kappa shape index (κ3) is 6.07. The summed E-state index contributed by atoms with van der Waals surface area (Å²) < 4.78 is 2.69. The Morgan fingerprint density at radius 1 is 0.339 bits per heavy atom. The van der Waals surface area contributed by atoms with Crippen molar-refractivity contribution in [2.45, 2.75) is 19.3 Å². The summed E-state index contributed by atoms with van der Waals surface area (Å²) in [6, 6.07) is 77.9. The Bertz CT molecular complexity index is 3140. The van der Waals surface area contributed by atoms with Crippen molar-refractivity contribution in [3.63, 3.8) is 0 Å². The second-order valence-electron chi connectivity index (χ2n) is 16.1. The van der Waals surface area contributed by atoms with Crippen molar-refractivity contribution in [1.29, 1.82) is 0 Å². The number of fused-ring (bicyclic) bond motifs is 6. The Labute approximate surface area is 350 Å². The minimum atomic E-state index is -0.139. The molecule has 1 aromatic heterocycles. The minimum absolute atomic E-state index is 0.139. The zero-order valence-electron chi connectivity index (χ0n) is 33.1. The Morgan fingerprint density at radius 2 is 0.814 bits per heavy atom. The van der Waals surface area contributed by atoms with Gasteiger partial charge in [0.1, 0.15) is 0 Å². The van der Waals surface area contributed by atoms with Gasteiger partial charge in [-0.1, -0.05) is 178 Å². The molecule has 10 aromatic rings. The van der Waals surface area contributed by atoms with Crippen molar-refractivity contribution < 1.29 is 0 Å². The molecule has 0 atom stereocenters. The van der Waals surface area contributed by atoms with Gasteiger partial charge in [-0.25, -0.2) is 0 Å². The van der Waals surface area contributed by atoms with E-state index in [4.69, 9.17) is 0 Å². The van der Waals surface area contributed by atoms with Crippen LogP contribution >= 0.6 is 11.3 Å². The summed E-state index contributed by atoms with van der Waals surface area (Å²) in [5.74, 6) is 0. The van der Waals surface area contributed by atoms with Gasteiger partial charge in [-0.15, -0.1) is 11.3 Å². The summed E-state index contributed by atoms with van der Waals surface area (Å²) in [6.45, 7) is 4.73. The molecule has 0 saturated heterocycles. The smallest absolute Gasteiger partial charge is 0.0465 e. The molecule has 0 bridgehead atoms. The van der Waals surface area contributed by atoms with E-state index in [0.29, 0.717) is 0 Å². The van der Waals surface area contributed by atoms with Gasteiger partial charge in [-0.05, 0) is 115 Å². The summed E-state index contributed by atoms with van der Waals surface area (Å²) in [7, 11) is 0. The van der Waals surface area contributed by atoms with Crippen LogP contribution in [0.25, 0.3) is 75.8 Å². The van der Waals surface area contributed by atoms with Crippen LogP contribution in [0, 0.1) is 0 Å². The molecule has 0 fully saturated rings. The van der Waals surface area contributed by atoms with E-state index in [9.17, 15) is 0 Å². The molecule has 0 aliphatic heterocycles. The number of rotatable bonds is 7. The SMILES string of the molecule is CC1(C)c2cc(-c3ccccc3)ccc2-c2ccc(N(c3ccccc3)c3ccc(-c4ccc(-c5ccc(-c6cccc7c6sc6ccccc67)cc5)cc4)cc3)cc21. The van der Waals surface area contributed by atoms with Gasteiger partial charge in [0.05, 0.1) is 0 Å². The monoisotopic (exact) mass is 771 g/mol. The summed E-state index contributed by atoms with van der Waals surface area (Å²) in [5.41, 5.74) is 18.5. The average molecular weight is 772 g/mol. The predicted octanol–water partition coefficient (Wildman–Crippen LogP) is 16.5. The lowest BCUT2D eigenvalue weighted by molar-refractivity contribution is 0.660. The second kappa shape index (κ2) is 14.1. The molecule has 59 heavy (non-hydrogen) atoms. The molecule has 0 amide bonds. The van der Waals surface area contributed by atoms with Crippen molar-refractivity contribution in [2.75, 3.05) is 4.90 Å². The first-order valence-electron chi connectivity index (χ1n) is 20.4. The Morgan fingerprint density at radius 3 is 1.49 bits per heavy atom. The zero-order chi connectivity index (χ0) is 39.5. The first-order valence-corrected chi connectivity index (χ1v) is 21.2. The van der Waals surface area contributed by atoms with Crippen LogP contribution in [-0.4, -0.2) is 0 Å². The van der Waals surface area contributed by atoms with Crippen LogP contribution in [0.15, 0.2) is 212 Å². The van der Waals surface area contributed by atoms with Crippen LogP contribution in [0.3, 0.4) is 0 Å². The highest BCUT2D eigenvalue weighted by Crippen LogP contribution is 2.52. The van der Waals surface area contributed by atoms with Gasteiger partial charge in [-0.2, -0.15) is 0 Å². The molecule has 0 N–H and O–H groups in total. The van der Waals surface area contributed by atoms with Crippen LogP contribution < -0.4 is 4.90 Å². The predicted molar refractivity (Wildman–Crippen MR) is 253 cm³/mol. The topological polar surface area (TPSA) is 3.24 Å². The summed E-state index contributed by atoms with van der Waals surface area (Å²) in [4.78, 5) is 2.38. The maximum Gasteiger partial charge on any atom is 0.0465 e. The lowest BCUT2D eigenvalue weighted by atomic mass is 9.81. The Balaban J connectivity index is 0.868. The number of nitrogens with zero attached hydrogens (tertiary/aromatic N) is 1. The largest absolute Gasteiger partial charge is 0.310 e. The van der Waals surface area contributed by atoms with Crippen molar-refractivity contribution in [3.05, 3.63) is 223 Å².